The van der Waals surface area contributed by atoms with Gasteiger partial charge in [-0.15, -0.1) is 0 Å². The molecule has 0 amide bonds. The molecule has 3 aromatic rings. The van der Waals surface area contributed by atoms with Crippen molar-refractivity contribution in [3.05, 3.63) is 106 Å². The highest BCUT2D eigenvalue weighted by molar-refractivity contribution is 5.87. The summed E-state index contributed by atoms with van der Waals surface area (Å²) in [5.74, 6) is -1.27. The van der Waals surface area contributed by atoms with E-state index in [1.54, 1.807) is 42.5 Å². The second kappa shape index (κ2) is 8.75. The van der Waals surface area contributed by atoms with Crippen molar-refractivity contribution in [3.63, 3.8) is 0 Å². The highest BCUT2D eigenvalue weighted by Gasteiger charge is 2.37. The number of fused-ring (bicyclic) bond motifs is 1. The Morgan fingerprint density at radius 2 is 1.52 bits per heavy atom. The van der Waals surface area contributed by atoms with E-state index < -0.39 is 12.1 Å². The fraction of sp³-hybridized carbons (Fsp3) is 0.345. The fourth-order valence-electron chi connectivity index (χ4n) is 4.74. The van der Waals surface area contributed by atoms with Gasteiger partial charge in [-0.3, -0.25) is 0 Å². The molecule has 3 aromatic carbocycles. The van der Waals surface area contributed by atoms with E-state index in [0.717, 1.165) is 24.0 Å². The van der Waals surface area contributed by atoms with Crippen LogP contribution >= 0.6 is 0 Å². The number of carbonyl (C=O) groups is 1. The fourth-order valence-corrected chi connectivity index (χ4v) is 4.74. The molecule has 1 aliphatic carbocycles. The average Bonchev–Trinajstić information content (AvgIpc) is 2.78. The number of halogens is 1. The van der Waals surface area contributed by atoms with Gasteiger partial charge in [0.25, 0.3) is 0 Å². The van der Waals surface area contributed by atoms with Gasteiger partial charge < -0.3 is 9.84 Å². The first-order valence-electron chi connectivity index (χ1n) is 11.4. The number of hydrogen-bond acceptors (Lipinski definition) is 2. The monoisotopic (exact) mass is 446 g/mol. The summed E-state index contributed by atoms with van der Waals surface area (Å²) in [6.45, 7) is 9.25. The summed E-state index contributed by atoms with van der Waals surface area (Å²) in [5.41, 5.74) is 5.36. The maximum atomic E-state index is 14.3. The van der Waals surface area contributed by atoms with Gasteiger partial charge in [-0.25, -0.2) is 9.18 Å². The zero-order chi connectivity index (χ0) is 23.8. The Balaban J connectivity index is 1.76. The Bertz CT molecular complexity index is 1160. The van der Waals surface area contributed by atoms with Gasteiger partial charge in [0.15, 0.2) is 0 Å². The zero-order valence-electron chi connectivity index (χ0n) is 19.7. The summed E-state index contributed by atoms with van der Waals surface area (Å²) in [7, 11) is 0. The first-order chi connectivity index (χ1) is 15.6. The van der Waals surface area contributed by atoms with Crippen molar-refractivity contribution in [2.75, 3.05) is 0 Å². The van der Waals surface area contributed by atoms with Crippen molar-refractivity contribution in [2.45, 2.75) is 64.1 Å². The van der Waals surface area contributed by atoms with Gasteiger partial charge in [-0.05, 0) is 64.1 Å². The third kappa shape index (κ3) is 4.72. The lowest BCUT2D eigenvalue weighted by atomic mass is 9.63. The minimum Gasteiger partial charge on any atom is -0.478 e. The number of rotatable bonds is 6. The van der Waals surface area contributed by atoms with Crippen LogP contribution in [0.2, 0.25) is 0 Å². The van der Waals surface area contributed by atoms with Gasteiger partial charge in [-0.1, -0.05) is 76.2 Å². The molecule has 33 heavy (non-hydrogen) atoms. The van der Waals surface area contributed by atoms with E-state index in [-0.39, 0.29) is 28.8 Å². The second-order valence-electron chi connectivity index (χ2n) is 10.3. The minimum absolute atomic E-state index is 0.0458. The Morgan fingerprint density at radius 1 is 0.909 bits per heavy atom. The lowest BCUT2D eigenvalue weighted by Crippen LogP contribution is -2.34. The van der Waals surface area contributed by atoms with Crippen LogP contribution in [0.3, 0.4) is 0 Å². The predicted molar refractivity (Wildman–Crippen MR) is 128 cm³/mol. The van der Waals surface area contributed by atoms with Crippen molar-refractivity contribution in [2.24, 2.45) is 0 Å². The summed E-state index contributed by atoms with van der Waals surface area (Å²) >= 11 is 0. The number of benzene rings is 3. The molecule has 0 aliphatic heterocycles. The average molecular weight is 447 g/mol. The van der Waals surface area contributed by atoms with Crippen molar-refractivity contribution < 1.29 is 19.0 Å². The lowest BCUT2D eigenvalue weighted by Gasteiger charge is -2.42. The van der Waals surface area contributed by atoms with Crippen LogP contribution in [-0.4, -0.2) is 11.1 Å². The van der Waals surface area contributed by atoms with Gasteiger partial charge in [0, 0.05) is 5.56 Å². The van der Waals surface area contributed by atoms with E-state index in [1.807, 2.05) is 0 Å². The number of ether oxygens (including phenoxy) is 1. The molecule has 0 heterocycles. The molecular formula is C29H31FO3. The first kappa shape index (κ1) is 23.2. The third-order valence-electron chi connectivity index (χ3n) is 7.00. The van der Waals surface area contributed by atoms with E-state index in [2.05, 4.69) is 45.9 Å². The summed E-state index contributed by atoms with van der Waals surface area (Å²) in [4.78, 5) is 11.3. The lowest BCUT2D eigenvalue weighted by molar-refractivity contribution is 0.0644. The molecule has 0 fully saturated rings. The molecule has 4 rings (SSSR count). The van der Waals surface area contributed by atoms with Crippen molar-refractivity contribution in [1.29, 1.82) is 0 Å². The van der Waals surface area contributed by atoms with Gasteiger partial charge >= 0.3 is 5.97 Å². The standard InChI is InChI=1S/C29H31FO3/c1-28(2)15-16-29(3,4)24-17-21(13-14-23(24)28)26(19-9-11-20(12-10-19)27(31)32)33-18-22-7-5-6-8-25(22)30/h5-14,17,26H,15-16,18H2,1-4H3,(H,31,32). The molecule has 0 saturated heterocycles. The predicted octanol–water partition coefficient (Wildman–Crippen LogP) is 7.18. The smallest absolute Gasteiger partial charge is 0.335 e. The molecule has 3 nitrogen and oxygen atoms in total. The summed E-state index contributed by atoms with van der Waals surface area (Å²) < 4.78 is 20.6. The molecule has 1 aliphatic rings. The van der Waals surface area contributed by atoms with Gasteiger partial charge in [0.1, 0.15) is 11.9 Å². The van der Waals surface area contributed by atoms with Crippen molar-refractivity contribution in [1.82, 2.24) is 0 Å². The third-order valence-corrected chi connectivity index (χ3v) is 7.00. The Morgan fingerprint density at radius 3 is 2.15 bits per heavy atom. The molecule has 1 atom stereocenters. The molecule has 0 aromatic heterocycles. The van der Waals surface area contributed by atoms with Gasteiger partial charge in [-0.2, -0.15) is 0 Å². The molecule has 0 bridgehead atoms. The highest BCUT2D eigenvalue weighted by Crippen LogP contribution is 2.46. The molecule has 4 heteroatoms. The van der Waals surface area contributed by atoms with Crippen LogP contribution in [0.4, 0.5) is 4.39 Å². The van der Waals surface area contributed by atoms with Crippen LogP contribution in [0.15, 0.2) is 66.7 Å². The normalized spacial score (nSPS) is 17.2. The zero-order valence-corrected chi connectivity index (χ0v) is 19.7. The molecule has 172 valence electrons. The number of hydrogen-bond donors (Lipinski definition) is 1. The summed E-state index contributed by atoms with van der Waals surface area (Å²) in [6, 6.07) is 19.9. The number of carboxylic acid groups (broad SMARTS) is 1. The van der Waals surface area contributed by atoms with E-state index >= 15 is 0 Å². The van der Waals surface area contributed by atoms with Crippen molar-refractivity contribution in [3.8, 4) is 0 Å². The van der Waals surface area contributed by atoms with Gasteiger partial charge in [0.05, 0.1) is 12.2 Å². The van der Waals surface area contributed by atoms with Gasteiger partial charge in [0.2, 0.25) is 0 Å². The molecule has 1 unspecified atom stereocenters. The molecule has 0 saturated carbocycles. The largest absolute Gasteiger partial charge is 0.478 e. The Labute approximate surface area is 195 Å². The number of aromatic carboxylic acids is 1. The topological polar surface area (TPSA) is 46.5 Å². The minimum atomic E-state index is -0.969. The van der Waals surface area contributed by atoms with E-state index in [1.165, 1.54) is 17.2 Å². The Hall–Kier alpha value is -2.98. The van der Waals surface area contributed by atoms with Crippen LogP contribution in [0, 0.1) is 5.82 Å². The van der Waals surface area contributed by atoms with E-state index in [4.69, 9.17) is 4.74 Å². The maximum absolute atomic E-state index is 14.3. The van der Waals surface area contributed by atoms with Crippen molar-refractivity contribution >= 4 is 5.97 Å². The van der Waals surface area contributed by atoms with E-state index in [9.17, 15) is 14.3 Å². The van der Waals surface area contributed by atoms with Crippen LogP contribution in [0.25, 0.3) is 0 Å². The number of carboxylic acids is 1. The van der Waals surface area contributed by atoms with Crippen LogP contribution in [0.5, 0.6) is 0 Å². The quantitative estimate of drug-likeness (QED) is 0.436. The molecule has 0 radical (unpaired) electrons. The molecule has 1 N–H and O–H groups in total. The Kier molecular flexibility index (Phi) is 6.15. The molecular weight excluding hydrogens is 415 g/mol. The molecule has 0 spiro atoms. The highest BCUT2D eigenvalue weighted by atomic mass is 19.1. The van der Waals surface area contributed by atoms with Crippen LogP contribution < -0.4 is 0 Å². The summed E-state index contributed by atoms with van der Waals surface area (Å²) in [5, 5.41) is 9.28. The maximum Gasteiger partial charge on any atom is 0.335 e. The van der Waals surface area contributed by atoms with E-state index in [0.29, 0.717) is 5.56 Å². The SMILES string of the molecule is CC1(C)CCC(C)(C)c2cc(C(OCc3ccccc3F)c3ccc(C(=O)O)cc3)ccc21. The van der Waals surface area contributed by atoms with Crippen LogP contribution in [0.1, 0.15) is 84.8 Å². The van der Waals surface area contributed by atoms with Crippen LogP contribution in [-0.2, 0) is 22.2 Å². The second-order valence-corrected chi connectivity index (χ2v) is 10.3. The summed E-state index contributed by atoms with van der Waals surface area (Å²) in [6.07, 6.45) is 1.79. The first-order valence-corrected chi connectivity index (χ1v) is 11.4.